The van der Waals surface area contributed by atoms with E-state index in [-0.39, 0.29) is 24.8 Å². The fourth-order valence-electron chi connectivity index (χ4n) is 2.53. The molecule has 1 heterocycles. The molecule has 118 valence electrons. The molecule has 10 heteroatoms. The van der Waals surface area contributed by atoms with Crippen LogP contribution in [0.15, 0.2) is 24.7 Å². The summed E-state index contributed by atoms with van der Waals surface area (Å²) in [7, 11) is -4.63. The zero-order chi connectivity index (χ0) is 15.8. The van der Waals surface area contributed by atoms with Crippen LogP contribution in [0, 0.1) is 5.92 Å². The van der Waals surface area contributed by atoms with Crippen LogP contribution in [0.3, 0.4) is 0 Å². The summed E-state index contributed by atoms with van der Waals surface area (Å²) in [6, 6.07) is -0.574. The van der Waals surface area contributed by atoms with Gasteiger partial charge in [-0.15, -0.1) is 0 Å². The van der Waals surface area contributed by atoms with E-state index in [9.17, 15) is 19.6 Å². The van der Waals surface area contributed by atoms with Gasteiger partial charge in [0.2, 0.25) is 0 Å². The molecule has 0 radical (unpaired) electrons. The summed E-state index contributed by atoms with van der Waals surface area (Å²) in [6.07, 6.45) is 0.565. The zero-order valence-electron chi connectivity index (χ0n) is 11.0. The number of aliphatic hydroxyl groups is 2. The molecule has 0 bridgehead atoms. The third-order valence-electron chi connectivity index (χ3n) is 3.55. The Balaban J connectivity index is 2.06. The Kier molecular flexibility index (Phi) is 4.52. The van der Waals surface area contributed by atoms with E-state index in [0.717, 1.165) is 0 Å². The fraction of sp³-hybridized carbons (Fsp3) is 0.545. The highest BCUT2D eigenvalue weighted by Crippen LogP contribution is 2.39. The first kappa shape index (κ1) is 16.2. The summed E-state index contributed by atoms with van der Waals surface area (Å²) >= 11 is 0. The van der Waals surface area contributed by atoms with Gasteiger partial charge in [0, 0.05) is 18.2 Å². The van der Waals surface area contributed by atoms with Gasteiger partial charge in [0.1, 0.15) is 11.9 Å². The van der Waals surface area contributed by atoms with Crippen molar-refractivity contribution in [3.63, 3.8) is 0 Å². The molecule has 1 saturated carbocycles. The van der Waals surface area contributed by atoms with Crippen LogP contribution in [0.25, 0.3) is 0 Å². The third-order valence-corrected chi connectivity index (χ3v) is 4.04. The maximum Gasteiger partial charge on any atom is 0.469 e. The molecular weight excluding hydrogens is 303 g/mol. The molecule has 0 aromatic rings. The number of carbonyl (C=O) groups excluding carboxylic acids is 1. The Morgan fingerprint density at radius 3 is 2.67 bits per heavy atom. The summed E-state index contributed by atoms with van der Waals surface area (Å²) in [6.45, 7) is 3.28. The number of phosphoric acid groups is 1. The van der Waals surface area contributed by atoms with Crippen LogP contribution < -0.4 is 5.32 Å². The molecule has 4 atom stereocenters. The third kappa shape index (κ3) is 3.70. The molecule has 0 saturated heterocycles. The Morgan fingerprint density at radius 2 is 2.10 bits per heavy atom. The normalized spacial score (nSPS) is 33.4. The molecule has 0 aromatic heterocycles. The Bertz CT molecular complexity index is 517. The Hall–Kier alpha value is -1.22. The van der Waals surface area contributed by atoms with Gasteiger partial charge in [0.15, 0.2) is 0 Å². The molecule has 9 nitrogen and oxygen atoms in total. The van der Waals surface area contributed by atoms with E-state index in [1.54, 1.807) is 0 Å². The summed E-state index contributed by atoms with van der Waals surface area (Å²) in [5.41, 5.74) is 0. The topological polar surface area (TPSA) is 140 Å². The quantitative estimate of drug-likeness (QED) is 0.399. The molecular formula is C11H17N2O7P. The van der Waals surface area contributed by atoms with Gasteiger partial charge in [-0.2, -0.15) is 0 Å². The highest BCUT2D eigenvalue weighted by atomic mass is 31.2. The molecule has 0 aromatic carbocycles. The second kappa shape index (κ2) is 5.88. The first-order chi connectivity index (χ1) is 9.69. The van der Waals surface area contributed by atoms with Gasteiger partial charge >= 0.3 is 7.82 Å². The van der Waals surface area contributed by atoms with E-state index in [0.29, 0.717) is 0 Å². The van der Waals surface area contributed by atoms with Crippen molar-refractivity contribution in [2.75, 3.05) is 6.61 Å². The fourth-order valence-corrected chi connectivity index (χ4v) is 2.92. The molecule has 1 aliphatic heterocycles. The average Bonchev–Trinajstić information content (AvgIpc) is 2.64. The highest BCUT2D eigenvalue weighted by molar-refractivity contribution is 7.46. The van der Waals surface area contributed by atoms with Crippen LogP contribution in [0.5, 0.6) is 0 Å². The second-order valence-electron chi connectivity index (χ2n) is 4.99. The number of carbonyl (C=O) groups is 1. The lowest BCUT2D eigenvalue weighted by molar-refractivity contribution is -0.116. The maximum atomic E-state index is 11.2. The van der Waals surface area contributed by atoms with Gasteiger partial charge in [-0.1, -0.05) is 6.58 Å². The molecule has 0 unspecified atom stereocenters. The van der Waals surface area contributed by atoms with Crippen molar-refractivity contribution >= 4 is 13.7 Å². The maximum absolute atomic E-state index is 11.2. The van der Waals surface area contributed by atoms with Crippen LogP contribution in [-0.4, -0.2) is 55.7 Å². The van der Waals surface area contributed by atoms with Gasteiger partial charge in [-0.25, -0.2) is 4.57 Å². The molecule has 5 N–H and O–H groups in total. The number of phosphoric ester groups is 1. The lowest BCUT2D eigenvalue weighted by Gasteiger charge is -2.33. The number of hydrogen-bond acceptors (Lipinski definition) is 6. The van der Waals surface area contributed by atoms with Gasteiger partial charge in [-0.3, -0.25) is 9.32 Å². The van der Waals surface area contributed by atoms with E-state index < -0.39 is 32.0 Å². The van der Waals surface area contributed by atoms with Gasteiger partial charge < -0.3 is 30.2 Å². The SMILES string of the molecule is C=C1NC(=O)C=CN1[C@@H]1C[C@H](COP(=O)(O)O)[C@@H](O)[C@H]1O. The van der Waals surface area contributed by atoms with Crippen molar-refractivity contribution in [1.82, 2.24) is 10.2 Å². The van der Waals surface area contributed by atoms with Crippen LogP contribution in [0.2, 0.25) is 0 Å². The number of aliphatic hydroxyl groups excluding tert-OH is 2. The van der Waals surface area contributed by atoms with Crippen LogP contribution in [-0.2, 0) is 13.9 Å². The molecule has 21 heavy (non-hydrogen) atoms. The van der Waals surface area contributed by atoms with Crippen molar-refractivity contribution < 1.29 is 33.9 Å². The molecule has 2 rings (SSSR count). The van der Waals surface area contributed by atoms with E-state index in [1.165, 1.54) is 17.2 Å². The van der Waals surface area contributed by atoms with Crippen LogP contribution >= 0.6 is 7.82 Å². The van der Waals surface area contributed by atoms with E-state index >= 15 is 0 Å². The van der Waals surface area contributed by atoms with Crippen molar-refractivity contribution in [2.45, 2.75) is 24.7 Å². The number of nitrogens with zero attached hydrogens (tertiary/aromatic N) is 1. The van der Waals surface area contributed by atoms with E-state index in [1.807, 2.05) is 0 Å². The predicted octanol–water partition coefficient (Wildman–Crippen LogP) is -1.38. The molecule has 1 aliphatic carbocycles. The van der Waals surface area contributed by atoms with Crippen molar-refractivity contribution in [3.8, 4) is 0 Å². The first-order valence-electron chi connectivity index (χ1n) is 6.21. The molecule has 1 amide bonds. The minimum absolute atomic E-state index is 0.224. The summed E-state index contributed by atoms with van der Waals surface area (Å²) in [5, 5.41) is 22.5. The van der Waals surface area contributed by atoms with Crippen molar-refractivity contribution in [2.24, 2.45) is 5.92 Å². The van der Waals surface area contributed by atoms with Gasteiger partial charge in [0.25, 0.3) is 5.91 Å². The Morgan fingerprint density at radius 1 is 1.43 bits per heavy atom. The van der Waals surface area contributed by atoms with E-state index in [2.05, 4.69) is 16.4 Å². The number of nitrogens with one attached hydrogen (secondary N) is 1. The molecule has 0 spiro atoms. The predicted molar refractivity (Wildman–Crippen MR) is 70.2 cm³/mol. The first-order valence-corrected chi connectivity index (χ1v) is 7.74. The summed E-state index contributed by atoms with van der Waals surface area (Å²) in [4.78, 5) is 30.0. The number of rotatable bonds is 4. The number of hydrogen-bond donors (Lipinski definition) is 5. The largest absolute Gasteiger partial charge is 0.469 e. The Labute approximate surface area is 120 Å². The van der Waals surface area contributed by atoms with Gasteiger partial charge in [0.05, 0.1) is 18.8 Å². The van der Waals surface area contributed by atoms with Gasteiger partial charge in [-0.05, 0) is 6.42 Å². The minimum atomic E-state index is -4.63. The average molecular weight is 320 g/mol. The number of amides is 1. The lowest BCUT2D eigenvalue weighted by Crippen LogP contribution is -2.45. The van der Waals surface area contributed by atoms with E-state index in [4.69, 9.17) is 9.79 Å². The lowest BCUT2D eigenvalue weighted by atomic mass is 10.1. The second-order valence-corrected chi connectivity index (χ2v) is 6.23. The monoisotopic (exact) mass is 320 g/mol. The van der Waals surface area contributed by atoms with Crippen molar-refractivity contribution in [1.29, 1.82) is 0 Å². The highest BCUT2D eigenvalue weighted by Gasteiger charge is 2.45. The standard InChI is InChI=1S/C11H17N2O7P/c1-6-12-9(14)2-3-13(6)8-4-7(10(15)11(8)16)5-20-21(17,18)19/h2-3,7-8,10-11,15-16H,1,4-5H2,(H,12,14)(H2,17,18,19)/t7-,8-,10-,11+/m1/s1. The smallest absolute Gasteiger partial charge is 0.390 e. The molecule has 1 fully saturated rings. The van der Waals surface area contributed by atoms with Crippen molar-refractivity contribution in [3.05, 3.63) is 24.7 Å². The zero-order valence-corrected chi connectivity index (χ0v) is 11.9. The molecule has 2 aliphatic rings. The minimum Gasteiger partial charge on any atom is -0.390 e. The van der Waals surface area contributed by atoms with Crippen LogP contribution in [0.1, 0.15) is 6.42 Å². The summed E-state index contributed by atoms with van der Waals surface area (Å²) in [5.74, 6) is -0.725. The summed E-state index contributed by atoms with van der Waals surface area (Å²) < 4.78 is 15.1. The van der Waals surface area contributed by atoms with Crippen LogP contribution in [0.4, 0.5) is 0 Å².